The molecule has 0 aromatic carbocycles. The third-order valence-electron chi connectivity index (χ3n) is 4.16. The maximum Gasteiger partial charge on any atom is 0.0826 e. The van der Waals surface area contributed by atoms with Crippen molar-refractivity contribution in [1.29, 1.82) is 0 Å². The average Bonchev–Trinajstić information content (AvgIpc) is 2.27. The van der Waals surface area contributed by atoms with E-state index < -0.39 is 0 Å². The van der Waals surface area contributed by atoms with Crippen molar-refractivity contribution in [2.45, 2.75) is 39.3 Å². The number of nitrogens with zero attached hydrogens (tertiary/aromatic N) is 1. The van der Waals surface area contributed by atoms with Crippen molar-refractivity contribution < 1.29 is 4.74 Å². The number of ether oxygens (including phenoxy) is 1. The molecule has 2 heterocycles. The number of hydrogen-bond acceptors (Lipinski definition) is 3. The van der Waals surface area contributed by atoms with Gasteiger partial charge in [0.25, 0.3) is 0 Å². The summed E-state index contributed by atoms with van der Waals surface area (Å²) in [4.78, 5) is 2.62. The van der Waals surface area contributed by atoms with Gasteiger partial charge in [-0.15, -0.1) is 0 Å². The molecule has 0 radical (unpaired) electrons. The summed E-state index contributed by atoms with van der Waals surface area (Å²) in [5.41, 5.74) is 0. The molecule has 16 heavy (non-hydrogen) atoms. The maximum absolute atomic E-state index is 5.80. The first-order chi connectivity index (χ1) is 7.66. The van der Waals surface area contributed by atoms with Gasteiger partial charge >= 0.3 is 0 Å². The highest BCUT2D eigenvalue weighted by Crippen LogP contribution is 2.27. The second kappa shape index (κ2) is 5.48. The Morgan fingerprint density at radius 2 is 2.12 bits per heavy atom. The number of morpholine rings is 1. The van der Waals surface area contributed by atoms with Crippen LogP contribution in [0.4, 0.5) is 0 Å². The fraction of sp³-hybridized carbons (Fsp3) is 1.00. The van der Waals surface area contributed by atoms with E-state index >= 15 is 0 Å². The first-order valence-corrected chi connectivity index (χ1v) is 6.73. The van der Waals surface area contributed by atoms with Gasteiger partial charge in [-0.1, -0.05) is 13.8 Å². The topological polar surface area (TPSA) is 24.5 Å². The molecule has 0 saturated carbocycles. The molecule has 94 valence electrons. The molecule has 0 amide bonds. The summed E-state index contributed by atoms with van der Waals surface area (Å²) in [6, 6.07) is 0.710. The SMILES string of the molecule is CC1CC(C)C(C)N(CC2CNCCO2)C1. The minimum Gasteiger partial charge on any atom is -0.374 e. The lowest BCUT2D eigenvalue weighted by atomic mass is 9.86. The molecule has 4 unspecified atom stereocenters. The fourth-order valence-electron chi connectivity index (χ4n) is 3.07. The quantitative estimate of drug-likeness (QED) is 0.769. The zero-order valence-electron chi connectivity index (χ0n) is 10.9. The van der Waals surface area contributed by atoms with Crippen LogP contribution in [-0.4, -0.2) is 49.8 Å². The third kappa shape index (κ3) is 2.96. The largest absolute Gasteiger partial charge is 0.374 e. The molecule has 2 fully saturated rings. The van der Waals surface area contributed by atoms with E-state index in [1.165, 1.54) is 13.0 Å². The van der Waals surface area contributed by atoms with E-state index in [0.29, 0.717) is 12.1 Å². The smallest absolute Gasteiger partial charge is 0.0826 e. The summed E-state index contributed by atoms with van der Waals surface area (Å²) in [5.74, 6) is 1.66. The van der Waals surface area contributed by atoms with Gasteiger partial charge in [-0.2, -0.15) is 0 Å². The Labute approximate surface area is 99.5 Å². The molecule has 4 atom stereocenters. The van der Waals surface area contributed by atoms with Crippen molar-refractivity contribution in [3.63, 3.8) is 0 Å². The van der Waals surface area contributed by atoms with Gasteiger partial charge in [0.05, 0.1) is 12.7 Å². The standard InChI is InChI=1S/C13H26N2O/c1-10-6-11(2)12(3)15(8-10)9-13-7-14-4-5-16-13/h10-14H,4-9H2,1-3H3. The van der Waals surface area contributed by atoms with Crippen molar-refractivity contribution >= 4 is 0 Å². The lowest BCUT2D eigenvalue weighted by Crippen LogP contribution is -2.52. The van der Waals surface area contributed by atoms with E-state index in [0.717, 1.165) is 38.1 Å². The van der Waals surface area contributed by atoms with Crippen LogP contribution in [0, 0.1) is 11.8 Å². The van der Waals surface area contributed by atoms with Crippen LogP contribution >= 0.6 is 0 Å². The van der Waals surface area contributed by atoms with Gasteiger partial charge in [-0.05, 0) is 25.2 Å². The van der Waals surface area contributed by atoms with Crippen LogP contribution in [0.2, 0.25) is 0 Å². The molecule has 2 aliphatic rings. The highest BCUT2D eigenvalue weighted by atomic mass is 16.5. The van der Waals surface area contributed by atoms with E-state index in [9.17, 15) is 0 Å². The van der Waals surface area contributed by atoms with Crippen molar-refractivity contribution in [3.8, 4) is 0 Å². The normalized spacial score (nSPS) is 42.2. The van der Waals surface area contributed by atoms with Gasteiger partial charge < -0.3 is 10.1 Å². The number of likely N-dealkylation sites (tertiary alicyclic amines) is 1. The first-order valence-electron chi connectivity index (χ1n) is 6.73. The molecule has 2 aliphatic heterocycles. The molecular weight excluding hydrogens is 200 g/mol. The molecule has 0 spiro atoms. The number of nitrogens with one attached hydrogen (secondary N) is 1. The molecular formula is C13H26N2O. The van der Waals surface area contributed by atoms with Crippen LogP contribution in [0.5, 0.6) is 0 Å². The molecule has 1 N–H and O–H groups in total. The Kier molecular flexibility index (Phi) is 4.22. The van der Waals surface area contributed by atoms with E-state index in [4.69, 9.17) is 4.74 Å². The van der Waals surface area contributed by atoms with Crippen molar-refractivity contribution in [1.82, 2.24) is 10.2 Å². The second-order valence-electron chi connectivity index (χ2n) is 5.71. The predicted molar refractivity (Wildman–Crippen MR) is 66.6 cm³/mol. The van der Waals surface area contributed by atoms with Crippen LogP contribution in [0.25, 0.3) is 0 Å². The summed E-state index contributed by atoms with van der Waals surface area (Å²) >= 11 is 0. The van der Waals surface area contributed by atoms with Gasteiger partial charge in [0.2, 0.25) is 0 Å². The molecule has 3 nitrogen and oxygen atoms in total. The molecule has 0 aromatic rings. The van der Waals surface area contributed by atoms with Crippen LogP contribution in [0.1, 0.15) is 27.2 Å². The van der Waals surface area contributed by atoms with Gasteiger partial charge in [-0.3, -0.25) is 4.90 Å². The van der Waals surface area contributed by atoms with Crippen LogP contribution in [0.15, 0.2) is 0 Å². The van der Waals surface area contributed by atoms with Crippen molar-refractivity contribution in [3.05, 3.63) is 0 Å². The minimum atomic E-state index is 0.397. The number of piperidine rings is 1. The van der Waals surface area contributed by atoms with Gasteiger partial charge in [0.15, 0.2) is 0 Å². The van der Waals surface area contributed by atoms with Crippen LogP contribution in [-0.2, 0) is 4.74 Å². The highest BCUT2D eigenvalue weighted by molar-refractivity contribution is 4.84. The Balaban J connectivity index is 1.86. The third-order valence-corrected chi connectivity index (χ3v) is 4.16. The summed E-state index contributed by atoms with van der Waals surface area (Å²) < 4.78 is 5.80. The molecule has 2 rings (SSSR count). The maximum atomic E-state index is 5.80. The molecule has 3 heteroatoms. The molecule has 0 aliphatic carbocycles. The summed E-state index contributed by atoms with van der Waals surface area (Å²) in [6.07, 6.45) is 1.77. The summed E-state index contributed by atoms with van der Waals surface area (Å²) in [5, 5.41) is 3.41. The Morgan fingerprint density at radius 1 is 1.31 bits per heavy atom. The van der Waals surface area contributed by atoms with E-state index in [1.54, 1.807) is 0 Å². The molecule has 0 bridgehead atoms. The first kappa shape index (κ1) is 12.3. The zero-order chi connectivity index (χ0) is 11.5. The second-order valence-corrected chi connectivity index (χ2v) is 5.71. The monoisotopic (exact) mass is 226 g/mol. The van der Waals surface area contributed by atoms with Gasteiger partial charge in [-0.25, -0.2) is 0 Å². The Hall–Kier alpha value is -0.120. The number of hydrogen-bond donors (Lipinski definition) is 1. The van der Waals surface area contributed by atoms with Gasteiger partial charge in [0.1, 0.15) is 0 Å². The van der Waals surface area contributed by atoms with E-state index in [1.807, 2.05) is 0 Å². The van der Waals surface area contributed by atoms with E-state index in [-0.39, 0.29) is 0 Å². The number of rotatable bonds is 2. The zero-order valence-corrected chi connectivity index (χ0v) is 10.9. The van der Waals surface area contributed by atoms with Crippen molar-refractivity contribution in [2.24, 2.45) is 11.8 Å². The minimum absolute atomic E-state index is 0.397. The predicted octanol–water partition coefficient (Wildman–Crippen LogP) is 1.34. The lowest BCUT2D eigenvalue weighted by Gasteiger charge is -2.43. The van der Waals surface area contributed by atoms with Gasteiger partial charge in [0, 0.05) is 32.2 Å². The van der Waals surface area contributed by atoms with Crippen LogP contribution in [0.3, 0.4) is 0 Å². The molecule has 2 saturated heterocycles. The lowest BCUT2D eigenvalue weighted by molar-refractivity contribution is -0.0221. The summed E-state index contributed by atoms with van der Waals surface area (Å²) in [7, 11) is 0. The van der Waals surface area contributed by atoms with Crippen molar-refractivity contribution in [2.75, 3.05) is 32.8 Å². The Bertz CT molecular complexity index is 216. The Morgan fingerprint density at radius 3 is 2.81 bits per heavy atom. The average molecular weight is 226 g/mol. The van der Waals surface area contributed by atoms with Crippen LogP contribution < -0.4 is 5.32 Å². The molecule has 0 aromatic heterocycles. The summed E-state index contributed by atoms with van der Waals surface area (Å²) in [6.45, 7) is 12.4. The fourth-order valence-corrected chi connectivity index (χ4v) is 3.07. The van der Waals surface area contributed by atoms with E-state index in [2.05, 4.69) is 31.0 Å². The highest BCUT2D eigenvalue weighted by Gasteiger charge is 2.30.